The highest BCUT2D eigenvalue weighted by molar-refractivity contribution is 5.83. The fourth-order valence-corrected chi connectivity index (χ4v) is 2.90. The topological polar surface area (TPSA) is 57.8 Å². The fourth-order valence-electron chi connectivity index (χ4n) is 2.90. The van der Waals surface area contributed by atoms with E-state index in [-0.39, 0.29) is 11.7 Å². The van der Waals surface area contributed by atoms with E-state index >= 15 is 0 Å². The average molecular weight is 337 g/mol. The molecule has 0 saturated carbocycles. The number of benzene rings is 1. The predicted octanol–water partition coefficient (Wildman–Crippen LogP) is 3.95. The Bertz CT molecular complexity index is 841. The largest absolute Gasteiger partial charge is 0.360 e. The number of pyridine rings is 1. The fraction of sp³-hybridized carbons (Fsp3) is 0.200. The van der Waals surface area contributed by atoms with Crippen molar-refractivity contribution in [3.63, 3.8) is 0 Å². The number of nitrogens with one attached hydrogen (secondary N) is 2. The van der Waals surface area contributed by atoms with Crippen LogP contribution in [-0.4, -0.2) is 22.4 Å². The first-order valence-corrected chi connectivity index (χ1v) is 8.26. The van der Waals surface area contributed by atoms with Gasteiger partial charge in [-0.15, -0.1) is 0 Å². The number of carbonyl (C=O) groups excluding carboxylic acids is 1. The molecular weight excluding hydrogens is 317 g/mol. The van der Waals surface area contributed by atoms with E-state index in [1.807, 2.05) is 18.3 Å². The average Bonchev–Trinajstić information content (AvgIpc) is 3.04. The monoisotopic (exact) mass is 337 g/mol. The number of H-pyrrole nitrogens is 1. The zero-order valence-electron chi connectivity index (χ0n) is 14.1. The highest BCUT2D eigenvalue weighted by Crippen LogP contribution is 2.35. The molecule has 0 unspecified atom stereocenters. The maximum Gasteiger partial charge on any atom is 0.216 e. The van der Waals surface area contributed by atoms with Gasteiger partial charge in [-0.3, -0.25) is 9.78 Å². The van der Waals surface area contributed by atoms with Crippen molar-refractivity contribution < 1.29 is 9.18 Å². The van der Waals surface area contributed by atoms with Gasteiger partial charge in [0.1, 0.15) is 5.82 Å². The molecule has 0 fully saturated rings. The van der Waals surface area contributed by atoms with Crippen LogP contribution in [0.4, 0.5) is 4.39 Å². The second-order valence-electron chi connectivity index (χ2n) is 5.89. The quantitative estimate of drug-likeness (QED) is 0.669. The van der Waals surface area contributed by atoms with Gasteiger partial charge in [0.2, 0.25) is 5.91 Å². The third-order valence-electron chi connectivity index (χ3n) is 4.06. The number of halogens is 1. The molecule has 0 atom stereocenters. The molecule has 0 spiro atoms. The van der Waals surface area contributed by atoms with Crippen LogP contribution in [0.25, 0.3) is 22.4 Å². The van der Waals surface area contributed by atoms with Crippen LogP contribution < -0.4 is 5.32 Å². The predicted molar refractivity (Wildman–Crippen MR) is 96.4 cm³/mol. The van der Waals surface area contributed by atoms with Crippen molar-refractivity contribution in [1.29, 1.82) is 0 Å². The molecule has 0 radical (unpaired) electrons. The molecule has 2 heterocycles. The number of carbonyl (C=O) groups is 1. The molecule has 0 aliphatic rings. The van der Waals surface area contributed by atoms with Crippen LogP contribution in [0.15, 0.2) is 55.0 Å². The van der Waals surface area contributed by atoms with Crippen LogP contribution >= 0.6 is 0 Å². The summed E-state index contributed by atoms with van der Waals surface area (Å²) in [4.78, 5) is 18.4. The molecule has 1 amide bonds. The van der Waals surface area contributed by atoms with E-state index in [0.717, 1.165) is 40.8 Å². The number of nitrogens with zero attached hydrogens (tertiary/aromatic N) is 1. The Balaban J connectivity index is 1.93. The lowest BCUT2D eigenvalue weighted by molar-refractivity contribution is -0.118. The maximum atomic E-state index is 13.2. The summed E-state index contributed by atoms with van der Waals surface area (Å²) in [6, 6.07) is 10.4. The van der Waals surface area contributed by atoms with E-state index < -0.39 is 0 Å². The number of amides is 1. The van der Waals surface area contributed by atoms with Crippen molar-refractivity contribution in [2.75, 3.05) is 6.54 Å². The minimum atomic E-state index is -0.253. The van der Waals surface area contributed by atoms with Gasteiger partial charge in [0.25, 0.3) is 0 Å². The van der Waals surface area contributed by atoms with Crippen molar-refractivity contribution in [3.8, 4) is 22.4 Å². The molecule has 3 aromatic rings. The van der Waals surface area contributed by atoms with Crippen molar-refractivity contribution in [3.05, 3.63) is 66.4 Å². The molecule has 0 aliphatic heterocycles. The molecule has 5 heteroatoms. The number of hydrogen-bond acceptors (Lipinski definition) is 2. The van der Waals surface area contributed by atoms with Crippen LogP contribution in [0, 0.1) is 5.82 Å². The van der Waals surface area contributed by atoms with Crippen molar-refractivity contribution in [1.82, 2.24) is 15.3 Å². The first kappa shape index (κ1) is 16.9. The van der Waals surface area contributed by atoms with E-state index in [1.165, 1.54) is 19.1 Å². The molecule has 0 aliphatic carbocycles. The molecule has 0 saturated heterocycles. The van der Waals surface area contributed by atoms with Gasteiger partial charge in [0, 0.05) is 37.6 Å². The van der Waals surface area contributed by atoms with E-state index in [4.69, 9.17) is 0 Å². The van der Waals surface area contributed by atoms with Gasteiger partial charge < -0.3 is 10.3 Å². The van der Waals surface area contributed by atoms with Gasteiger partial charge in [-0.25, -0.2) is 4.39 Å². The normalized spacial score (nSPS) is 10.6. The van der Waals surface area contributed by atoms with E-state index in [1.54, 1.807) is 24.5 Å². The second-order valence-corrected chi connectivity index (χ2v) is 5.89. The van der Waals surface area contributed by atoms with E-state index in [0.29, 0.717) is 6.54 Å². The summed E-state index contributed by atoms with van der Waals surface area (Å²) in [5.74, 6) is -0.272. The van der Waals surface area contributed by atoms with Gasteiger partial charge in [-0.2, -0.15) is 0 Å². The zero-order chi connectivity index (χ0) is 17.6. The number of hydrogen-bond donors (Lipinski definition) is 2. The van der Waals surface area contributed by atoms with Crippen LogP contribution in [-0.2, 0) is 11.2 Å². The molecule has 3 rings (SSSR count). The number of aromatic nitrogens is 2. The summed E-state index contributed by atoms with van der Waals surface area (Å²) in [5.41, 5.74) is 5.21. The van der Waals surface area contributed by atoms with E-state index in [2.05, 4.69) is 15.3 Å². The third-order valence-corrected chi connectivity index (χ3v) is 4.06. The highest BCUT2D eigenvalue weighted by atomic mass is 19.1. The molecule has 4 nitrogen and oxygen atoms in total. The van der Waals surface area contributed by atoms with Crippen molar-refractivity contribution >= 4 is 5.91 Å². The molecule has 2 N–H and O–H groups in total. The van der Waals surface area contributed by atoms with Crippen LogP contribution in [0.3, 0.4) is 0 Å². The number of rotatable bonds is 6. The maximum absolute atomic E-state index is 13.2. The summed E-state index contributed by atoms with van der Waals surface area (Å²) in [7, 11) is 0. The van der Waals surface area contributed by atoms with Gasteiger partial charge in [-0.1, -0.05) is 0 Å². The molecular formula is C20H20FN3O. The minimum absolute atomic E-state index is 0.0181. The molecule has 128 valence electrons. The standard InChI is InChI=1S/C20H20FN3O/c1-14(25)23-10-2-3-17-13-24-20(16-4-6-18(21)7-5-16)19(17)15-8-11-22-12-9-15/h4-9,11-13,24H,2-3,10H2,1H3,(H,23,25). The third kappa shape index (κ3) is 4.12. The summed E-state index contributed by atoms with van der Waals surface area (Å²) in [6.45, 7) is 2.16. The van der Waals surface area contributed by atoms with Crippen LogP contribution in [0.1, 0.15) is 18.9 Å². The van der Waals surface area contributed by atoms with Crippen LogP contribution in [0.5, 0.6) is 0 Å². The lowest BCUT2D eigenvalue weighted by atomic mass is 9.96. The molecule has 2 aromatic heterocycles. The smallest absolute Gasteiger partial charge is 0.216 e. The van der Waals surface area contributed by atoms with Crippen LogP contribution in [0.2, 0.25) is 0 Å². The molecule has 0 bridgehead atoms. The number of aromatic amines is 1. The Hall–Kier alpha value is -2.95. The second kappa shape index (κ2) is 7.75. The Morgan fingerprint density at radius 1 is 1.12 bits per heavy atom. The Morgan fingerprint density at radius 2 is 1.84 bits per heavy atom. The number of aryl methyl sites for hydroxylation is 1. The zero-order valence-corrected chi connectivity index (χ0v) is 14.1. The first-order valence-electron chi connectivity index (χ1n) is 8.26. The highest BCUT2D eigenvalue weighted by Gasteiger charge is 2.15. The first-order chi connectivity index (χ1) is 12.1. The van der Waals surface area contributed by atoms with Gasteiger partial charge in [0.05, 0.1) is 5.69 Å². The molecule has 1 aromatic carbocycles. The SMILES string of the molecule is CC(=O)NCCCc1c[nH]c(-c2ccc(F)cc2)c1-c1ccncc1. The summed E-state index contributed by atoms with van der Waals surface area (Å²) >= 11 is 0. The minimum Gasteiger partial charge on any atom is -0.360 e. The summed E-state index contributed by atoms with van der Waals surface area (Å²) in [5, 5.41) is 2.82. The Morgan fingerprint density at radius 3 is 2.52 bits per heavy atom. The summed E-state index contributed by atoms with van der Waals surface area (Å²) < 4.78 is 13.2. The lowest BCUT2D eigenvalue weighted by Crippen LogP contribution is -2.21. The van der Waals surface area contributed by atoms with Gasteiger partial charge in [0.15, 0.2) is 0 Å². The van der Waals surface area contributed by atoms with Gasteiger partial charge >= 0.3 is 0 Å². The van der Waals surface area contributed by atoms with Crippen molar-refractivity contribution in [2.45, 2.75) is 19.8 Å². The van der Waals surface area contributed by atoms with Crippen molar-refractivity contribution in [2.24, 2.45) is 0 Å². The lowest BCUT2D eigenvalue weighted by Gasteiger charge is -2.09. The van der Waals surface area contributed by atoms with Gasteiger partial charge in [-0.05, 0) is 65.9 Å². The summed E-state index contributed by atoms with van der Waals surface area (Å²) in [6.07, 6.45) is 7.19. The van der Waals surface area contributed by atoms with E-state index in [9.17, 15) is 9.18 Å². The Kier molecular flexibility index (Phi) is 5.23. The molecule has 25 heavy (non-hydrogen) atoms. The Labute approximate surface area is 146 Å².